The van der Waals surface area contributed by atoms with Gasteiger partial charge in [0, 0.05) is 0 Å². The van der Waals surface area contributed by atoms with Gasteiger partial charge in [-0.1, -0.05) is 0 Å². The second kappa shape index (κ2) is 136. The topological polar surface area (TPSA) is 200 Å². The van der Waals surface area contributed by atoms with Crippen LogP contribution in [0, 0.1) is 74.6 Å². The van der Waals surface area contributed by atoms with E-state index < -0.39 is 0 Å². The molecule has 0 aromatic carbocycles. The largest absolute Gasteiger partial charge is 3.00 e. The van der Waals surface area contributed by atoms with Gasteiger partial charge >= 0.3 is 207 Å². The van der Waals surface area contributed by atoms with Crippen molar-refractivity contribution in [2.45, 2.75) is 0 Å². The molecular formula is Ba2Cu2Er2O7. The van der Waals surface area contributed by atoms with Gasteiger partial charge in [0.15, 0.2) is 0 Å². The summed E-state index contributed by atoms with van der Waals surface area (Å²) in [7, 11) is 0. The first-order valence-electron chi connectivity index (χ1n) is 0. The van der Waals surface area contributed by atoms with Crippen molar-refractivity contribution in [1.29, 1.82) is 0 Å². The van der Waals surface area contributed by atoms with E-state index in [4.69, 9.17) is 0 Å². The fraction of sp³-hybridized carbons (Fsp3) is 0. The van der Waals surface area contributed by atoms with Gasteiger partial charge in [-0.2, -0.15) is 0 Å². The van der Waals surface area contributed by atoms with E-state index in [0.29, 0.717) is 0 Å². The van der Waals surface area contributed by atoms with E-state index in [1.165, 1.54) is 0 Å². The summed E-state index contributed by atoms with van der Waals surface area (Å²) in [6.07, 6.45) is 0. The monoisotopic (exact) mass is 845 g/mol. The molecule has 13 heavy (non-hydrogen) atoms. The number of hydrogen-bond donors (Lipinski definition) is 0. The molecule has 0 aromatic heterocycles. The molecule has 0 aliphatic rings. The molecule has 0 spiro atoms. The fourth-order valence-electron chi connectivity index (χ4n) is 0. The van der Waals surface area contributed by atoms with Gasteiger partial charge in [0.05, 0.1) is 0 Å². The summed E-state index contributed by atoms with van der Waals surface area (Å²) in [5.74, 6) is 0. The summed E-state index contributed by atoms with van der Waals surface area (Å²) in [5, 5.41) is 0. The normalized spacial score (nSPS) is 0. The predicted octanol–water partition coefficient (Wildman–Crippen LogP) is -1.60. The van der Waals surface area contributed by atoms with E-state index in [9.17, 15) is 0 Å². The molecule has 0 heterocycles. The van der Waals surface area contributed by atoms with Crippen LogP contribution in [-0.2, 0) is 72.5 Å². The maximum atomic E-state index is 0. The van der Waals surface area contributed by atoms with E-state index in [1.807, 2.05) is 0 Å². The smallest absolute Gasteiger partial charge is 2.00 e. The van der Waals surface area contributed by atoms with Crippen LogP contribution in [0.15, 0.2) is 0 Å². The molecular weight excluding hydrogens is 848 g/mol. The maximum absolute atomic E-state index is 0. The maximum Gasteiger partial charge on any atom is 3.00 e. The Balaban J connectivity index is 0. The molecule has 0 saturated heterocycles. The first-order valence-corrected chi connectivity index (χ1v) is 0. The van der Waals surface area contributed by atoms with Crippen molar-refractivity contribution >= 4 is 97.8 Å². The van der Waals surface area contributed by atoms with Crippen molar-refractivity contribution in [3.05, 3.63) is 0 Å². The van der Waals surface area contributed by atoms with Gasteiger partial charge in [0.1, 0.15) is 0 Å². The Morgan fingerprint density at radius 3 is 0.308 bits per heavy atom. The van der Waals surface area contributed by atoms with Gasteiger partial charge in [-0.05, 0) is 0 Å². The van der Waals surface area contributed by atoms with Crippen LogP contribution in [0.2, 0.25) is 0 Å². The Kier molecular flexibility index (Phi) is 1680. The van der Waals surface area contributed by atoms with Crippen molar-refractivity contribution < 1.29 is 147 Å². The third-order valence-corrected chi connectivity index (χ3v) is 0. The SMILES string of the molecule is [Ba+2].[Ba+2].[Cu+2].[Cu+2].[Er+3].[Er+3].[O-2].[O-2].[O-2].[O-2].[O-2].[O-2].[O-2]. The van der Waals surface area contributed by atoms with Crippen molar-refractivity contribution in [2.24, 2.45) is 0 Å². The van der Waals surface area contributed by atoms with Crippen LogP contribution in [0.5, 0.6) is 0 Å². The minimum absolute atomic E-state index is 0. The standard InChI is InChI=1S/2Ba.2Cu.2Er.7O/q4*+2;2*+3;7*-2. The first kappa shape index (κ1) is 160. The van der Waals surface area contributed by atoms with Crippen LogP contribution in [0.25, 0.3) is 0 Å². The minimum atomic E-state index is 0. The molecule has 0 atom stereocenters. The van der Waals surface area contributed by atoms with Gasteiger partial charge in [0.2, 0.25) is 0 Å². The van der Waals surface area contributed by atoms with Crippen LogP contribution in [-0.4, -0.2) is 97.8 Å². The van der Waals surface area contributed by atoms with Gasteiger partial charge in [-0.3, -0.25) is 0 Å². The Labute approximate surface area is 237 Å². The predicted molar refractivity (Wildman–Crippen MR) is 16.3 cm³/mol. The molecule has 0 aliphatic carbocycles. The molecule has 92 valence electrons. The van der Waals surface area contributed by atoms with E-state index in [0.717, 1.165) is 0 Å². The van der Waals surface area contributed by atoms with Crippen molar-refractivity contribution in [2.75, 3.05) is 0 Å². The van der Waals surface area contributed by atoms with E-state index in [2.05, 4.69) is 0 Å². The summed E-state index contributed by atoms with van der Waals surface area (Å²) in [6.45, 7) is 0. The molecule has 0 rings (SSSR count). The second-order valence-electron chi connectivity index (χ2n) is 0. The van der Waals surface area contributed by atoms with Crippen LogP contribution < -0.4 is 0 Å². The molecule has 0 aromatic rings. The average molecular weight is 848 g/mol. The van der Waals surface area contributed by atoms with E-state index in [-0.39, 0.29) is 245 Å². The molecule has 0 aliphatic heterocycles. The molecule has 13 heteroatoms. The summed E-state index contributed by atoms with van der Waals surface area (Å²) in [6, 6.07) is 0. The fourth-order valence-corrected chi connectivity index (χ4v) is 0. The summed E-state index contributed by atoms with van der Waals surface area (Å²) in [4.78, 5) is 0. The average Bonchev–Trinajstić information content (AvgIpc) is 0. The zero-order valence-electron chi connectivity index (χ0n) is 5.45. The van der Waals surface area contributed by atoms with Crippen LogP contribution in [0.1, 0.15) is 0 Å². The summed E-state index contributed by atoms with van der Waals surface area (Å²) >= 11 is 0. The third-order valence-electron chi connectivity index (χ3n) is 0. The molecule has 0 unspecified atom stereocenters. The third kappa shape index (κ3) is 121. The molecule has 0 saturated carbocycles. The van der Waals surface area contributed by atoms with Crippen molar-refractivity contribution in [3.8, 4) is 0 Å². The second-order valence-corrected chi connectivity index (χ2v) is 0. The Hall–Kier alpha value is 6.40. The Morgan fingerprint density at radius 2 is 0.308 bits per heavy atom. The van der Waals surface area contributed by atoms with E-state index in [1.54, 1.807) is 0 Å². The molecule has 0 fully saturated rings. The van der Waals surface area contributed by atoms with Crippen LogP contribution in [0.4, 0.5) is 0 Å². The molecule has 0 bridgehead atoms. The quantitative estimate of drug-likeness (QED) is 0.254. The minimum Gasteiger partial charge on any atom is -2.00 e. The van der Waals surface area contributed by atoms with Crippen LogP contribution in [0.3, 0.4) is 0 Å². The number of rotatable bonds is 0. The van der Waals surface area contributed by atoms with Gasteiger partial charge in [0.25, 0.3) is 0 Å². The molecule has 0 N–H and O–H groups in total. The first-order chi connectivity index (χ1) is 0. The zero-order chi connectivity index (χ0) is 0. The molecule has 0 amide bonds. The van der Waals surface area contributed by atoms with Crippen molar-refractivity contribution in [1.82, 2.24) is 0 Å². The Bertz CT molecular complexity index is 22.5. The Morgan fingerprint density at radius 1 is 0.308 bits per heavy atom. The molecule has 7 nitrogen and oxygen atoms in total. The summed E-state index contributed by atoms with van der Waals surface area (Å²) < 4.78 is 0. The van der Waals surface area contributed by atoms with Gasteiger partial charge < -0.3 is 38.3 Å². The molecule has 4 radical (unpaired) electrons. The van der Waals surface area contributed by atoms with E-state index >= 15 is 0 Å². The number of hydrogen-bond acceptors (Lipinski definition) is 0. The summed E-state index contributed by atoms with van der Waals surface area (Å²) in [5.41, 5.74) is 0. The van der Waals surface area contributed by atoms with Gasteiger partial charge in [-0.15, -0.1) is 0 Å². The van der Waals surface area contributed by atoms with Gasteiger partial charge in [-0.25, -0.2) is 0 Å². The van der Waals surface area contributed by atoms with Crippen LogP contribution >= 0.6 is 0 Å². The van der Waals surface area contributed by atoms with Crippen molar-refractivity contribution in [3.63, 3.8) is 0 Å². The zero-order valence-corrected chi connectivity index (χ0v) is 19.9.